The van der Waals surface area contributed by atoms with Crippen molar-refractivity contribution in [2.75, 3.05) is 23.7 Å². The molecule has 0 amide bonds. The first-order chi connectivity index (χ1) is 8.87. The molecular formula is C14H25N3S2. The first-order valence-electron chi connectivity index (χ1n) is 6.96. The van der Waals surface area contributed by atoms with Gasteiger partial charge in [-0.25, -0.2) is 4.98 Å². The predicted molar refractivity (Wildman–Crippen MR) is 87.6 cm³/mol. The third-order valence-corrected chi connectivity index (χ3v) is 5.76. The topological polar surface area (TPSA) is 28.2 Å². The Labute approximate surface area is 125 Å². The van der Waals surface area contributed by atoms with Gasteiger partial charge in [0.1, 0.15) is 0 Å². The number of aromatic nitrogens is 1. The molecule has 2 rings (SSSR count). The molecule has 1 aliphatic heterocycles. The van der Waals surface area contributed by atoms with Gasteiger partial charge < -0.3 is 10.2 Å². The van der Waals surface area contributed by atoms with Gasteiger partial charge in [0.2, 0.25) is 0 Å². The highest BCUT2D eigenvalue weighted by Crippen LogP contribution is 2.34. The number of nitrogens with zero attached hydrogens (tertiary/aromatic N) is 2. The second-order valence-corrected chi connectivity index (χ2v) is 8.93. The van der Waals surface area contributed by atoms with Crippen molar-refractivity contribution in [2.45, 2.75) is 52.0 Å². The largest absolute Gasteiger partial charge is 0.346 e. The molecule has 108 valence electrons. The molecule has 0 atom stereocenters. The molecule has 0 aliphatic carbocycles. The van der Waals surface area contributed by atoms with E-state index in [1.165, 1.54) is 21.5 Å². The van der Waals surface area contributed by atoms with E-state index in [1.807, 2.05) is 11.3 Å². The minimum Gasteiger partial charge on any atom is -0.346 e. The molecule has 3 nitrogen and oxygen atoms in total. The third-order valence-electron chi connectivity index (χ3n) is 3.25. The van der Waals surface area contributed by atoms with Crippen LogP contribution >= 0.6 is 23.1 Å². The van der Waals surface area contributed by atoms with Crippen LogP contribution in [0, 0.1) is 6.92 Å². The summed E-state index contributed by atoms with van der Waals surface area (Å²) in [5.74, 6) is 1.20. The van der Waals surface area contributed by atoms with E-state index in [0.717, 1.165) is 19.6 Å². The van der Waals surface area contributed by atoms with E-state index in [9.17, 15) is 0 Å². The second kappa shape index (κ2) is 6.02. The van der Waals surface area contributed by atoms with Crippen LogP contribution in [0.3, 0.4) is 0 Å². The van der Waals surface area contributed by atoms with Gasteiger partial charge in [-0.1, -0.05) is 13.8 Å². The number of aryl methyl sites for hydroxylation is 1. The fraction of sp³-hybridized carbons (Fsp3) is 0.786. The van der Waals surface area contributed by atoms with Crippen molar-refractivity contribution in [1.82, 2.24) is 10.3 Å². The van der Waals surface area contributed by atoms with Gasteiger partial charge in [-0.2, -0.15) is 11.8 Å². The lowest BCUT2D eigenvalue weighted by Crippen LogP contribution is -2.43. The highest BCUT2D eigenvalue weighted by molar-refractivity contribution is 8.00. The van der Waals surface area contributed by atoms with Crippen molar-refractivity contribution in [2.24, 2.45) is 0 Å². The lowest BCUT2D eigenvalue weighted by molar-refractivity contribution is 0.591. The fourth-order valence-electron chi connectivity index (χ4n) is 2.19. The smallest absolute Gasteiger partial charge is 0.185 e. The summed E-state index contributed by atoms with van der Waals surface area (Å²) in [6.07, 6.45) is 0. The number of hydrogen-bond acceptors (Lipinski definition) is 5. The zero-order valence-corrected chi connectivity index (χ0v) is 14.2. The number of thioether (sulfide) groups is 1. The maximum absolute atomic E-state index is 4.77. The Morgan fingerprint density at radius 1 is 1.42 bits per heavy atom. The highest BCUT2D eigenvalue weighted by atomic mass is 32.2. The predicted octanol–water partition coefficient (Wildman–Crippen LogP) is 3.28. The molecule has 0 aromatic carbocycles. The van der Waals surface area contributed by atoms with Crippen LogP contribution in [0.25, 0.3) is 0 Å². The summed E-state index contributed by atoms with van der Waals surface area (Å²) < 4.78 is 0.341. The van der Waals surface area contributed by atoms with Gasteiger partial charge in [-0.3, -0.25) is 0 Å². The maximum Gasteiger partial charge on any atom is 0.185 e. The zero-order chi connectivity index (χ0) is 14.0. The molecule has 0 radical (unpaired) electrons. The summed E-state index contributed by atoms with van der Waals surface area (Å²) in [5.41, 5.74) is 1.18. The normalized spacial score (nSPS) is 19.2. The van der Waals surface area contributed by atoms with Crippen molar-refractivity contribution in [3.05, 3.63) is 10.6 Å². The molecule has 0 saturated carbocycles. The van der Waals surface area contributed by atoms with Gasteiger partial charge in [0.05, 0.1) is 5.69 Å². The molecule has 1 saturated heterocycles. The van der Waals surface area contributed by atoms with Gasteiger partial charge in [0.25, 0.3) is 0 Å². The van der Waals surface area contributed by atoms with Crippen molar-refractivity contribution >= 4 is 28.2 Å². The van der Waals surface area contributed by atoms with E-state index in [2.05, 4.69) is 56.6 Å². The van der Waals surface area contributed by atoms with Crippen molar-refractivity contribution in [3.63, 3.8) is 0 Å². The molecule has 1 N–H and O–H groups in total. The molecule has 1 aromatic heterocycles. The van der Waals surface area contributed by atoms with Crippen molar-refractivity contribution in [1.29, 1.82) is 0 Å². The minimum absolute atomic E-state index is 0.341. The second-order valence-electron chi connectivity index (χ2n) is 6.07. The lowest BCUT2D eigenvalue weighted by atomic mass is 10.2. The summed E-state index contributed by atoms with van der Waals surface area (Å²) in [5, 5.41) is 4.68. The minimum atomic E-state index is 0.341. The molecule has 0 bridgehead atoms. The van der Waals surface area contributed by atoms with Crippen LogP contribution in [0.15, 0.2) is 0 Å². The van der Waals surface area contributed by atoms with Gasteiger partial charge >= 0.3 is 0 Å². The van der Waals surface area contributed by atoms with Crippen LogP contribution in [-0.4, -0.2) is 34.6 Å². The number of anilines is 1. The lowest BCUT2D eigenvalue weighted by Gasteiger charge is -2.37. The monoisotopic (exact) mass is 299 g/mol. The number of rotatable bonds is 4. The zero-order valence-electron chi connectivity index (χ0n) is 12.6. The Balaban J connectivity index is 2.06. The summed E-state index contributed by atoms with van der Waals surface area (Å²) in [4.78, 5) is 8.60. The van der Waals surface area contributed by atoms with Gasteiger partial charge in [0.15, 0.2) is 5.13 Å². The summed E-state index contributed by atoms with van der Waals surface area (Å²) in [6, 6.07) is 0.523. The van der Waals surface area contributed by atoms with Crippen LogP contribution in [0.2, 0.25) is 0 Å². The standard InChI is InChI=1S/C14H25N3S2/c1-10(2)15-8-12-11(3)16-13(19-12)17-6-7-18-14(4,5)9-17/h10,15H,6-9H2,1-5H3. The Bertz CT molecular complexity index is 426. The van der Waals surface area contributed by atoms with E-state index < -0.39 is 0 Å². The van der Waals surface area contributed by atoms with E-state index >= 15 is 0 Å². The maximum atomic E-state index is 4.77. The Morgan fingerprint density at radius 3 is 2.79 bits per heavy atom. The average Bonchev–Trinajstić information content (AvgIpc) is 2.67. The van der Waals surface area contributed by atoms with E-state index in [-0.39, 0.29) is 0 Å². The third kappa shape index (κ3) is 4.10. The first-order valence-corrected chi connectivity index (χ1v) is 8.76. The summed E-state index contributed by atoms with van der Waals surface area (Å²) >= 11 is 3.92. The number of hydrogen-bond donors (Lipinski definition) is 1. The number of thiazole rings is 1. The van der Waals surface area contributed by atoms with Crippen LogP contribution in [0.4, 0.5) is 5.13 Å². The highest BCUT2D eigenvalue weighted by Gasteiger charge is 2.28. The fourth-order valence-corrected chi connectivity index (χ4v) is 4.34. The van der Waals surface area contributed by atoms with Crippen molar-refractivity contribution < 1.29 is 0 Å². The average molecular weight is 300 g/mol. The molecule has 5 heteroatoms. The Hall–Kier alpha value is -0.260. The van der Waals surface area contributed by atoms with Crippen LogP contribution < -0.4 is 10.2 Å². The molecule has 0 spiro atoms. The van der Waals surface area contributed by atoms with Crippen molar-refractivity contribution in [3.8, 4) is 0 Å². The molecule has 2 heterocycles. The molecule has 1 fully saturated rings. The van der Waals surface area contributed by atoms with E-state index in [4.69, 9.17) is 4.98 Å². The molecule has 0 unspecified atom stereocenters. The Kier molecular flexibility index (Phi) is 4.79. The van der Waals surface area contributed by atoms with E-state index in [0.29, 0.717) is 10.8 Å². The molecule has 19 heavy (non-hydrogen) atoms. The Morgan fingerprint density at radius 2 is 2.16 bits per heavy atom. The number of nitrogens with one attached hydrogen (secondary N) is 1. The van der Waals surface area contributed by atoms with Crippen LogP contribution in [0.1, 0.15) is 38.3 Å². The van der Waals surface area contributed by atoms with E-state index in [1.54, 1.807) is 0 Å². The summed E-state index contributed by atoms with van der Waals surface area (Å²) in [7, 11) is 0. The van der Waals surface area contributed by atoms with Gasteiger partial charge in [0, 0.05) is 41.1 Å². The summed E-state index contributed by atoms with van der Waals surface area (Å²) in [6.45, 7) is 14.3. The van der Waals surface area contributed by atoms with Gasteiger partial charge in [-0.05, 0) is 20.8 Å². The molecule has 1 aromatic rings. The molecular weight excluding hydrogens is 274 g/mol. The first kappa shape index (κ1) is 15.1. The van der Waals surface area contributed by atoms with Crippen LogP contribution in [-0.2, 0) is 6.54 Å². The van der Waals surface area contributed by atoms with Gasteiger partial charge in [-0.15, -0.1) is 11.3 Å². The quantitative estimate of drug-likeness (QED) is 0.923. The SMILES string of the molecule is Cc1nc(N2CCSC(C)(C)C2)sc1CNC(C)C. The molecule has 1 aliphatic rings. The van der Waals surface area contributed by atoms with Crippen LogP contribution in [0.5, 0.6) is 0 Å².